The standard InChI is InChI=1S/C14H19ClN2O2/c1-17(12-6-7-16-8-12)14(18)10-19-9-11-4-2-3-5-13(11)15/h2-5,12,16H,6-10H2,1H3/t12-/m0/s1. The highest BCUT2D eigenvalue weighted by molar-refractivity contribution is 6.31. The molecule has 1 amide bonds. The minimum atomic E-state index is 0.0146. The number of hydrogen-bond donors (Lipinski definition) is 1. The Kier molecular flexibility index (Phi) is 5.19. The smallest absolute Gasteiger partial charge is 0.248 e. The molecule has 19 heavy (non-hydrogen) atoms. The molecule has 2 rings (SSSR count). The van der Waals surface area contributed by atoms with Crippen LogP contribution in [0.2, 0.25) is 5.02 Å². The number of amides is 1. The zero-order valence-corrected chi connectivity index (χ0v) is 11.8. The van der Waals surface area contributed by atoms with Gasteiger partial charge in [0.1, 0.15) is 6.61 Å². The van der Waals surface area contributed by atoms with Gasteiger partial charge in [-0.3, -0.25) is 4.79 Å². The van der Waals surface area contributed by atoms with E-state index in [0.29, 0.717) is 11.6 Å². The van der Waals surface area contributed by atoms with Crippen LogP contribution in [0.5, 0.6) is 0 Å². The lowest BCUT2D eigenvalue weighted by molar-refractivity contribution is -0.137. The molecular weight excluding hydrogens is 264 g/mol. The molecule has 1 heterocycles. The van der Waals surface area contributed by atoms with Crippen LogP contribution < -0.4 is 5.32 Å². The summed E-state index contributed by atoms with van der Waals surface area (Å²) in [6.45, 7) is 2.30. The van der Waals surface area contributed by atoms with Gasteiger partial charge in [0.05, 0.1) is 6.61 Å². The number of hydrogen-bond acceptors (Lipinski definition) is 3. The Morgan fingerprint density at radius 2 is 2.32 bits per heavy atom. The summed E-state index contributed by atoms with van der Waals surface area (Å²) in [7, 11) is 1.83. The summed E-state index contributed by atoms with van der Waals surface area (Å²) >= 11 is 6.02. The maximum Gasteiger partial charge on any atom is 0.248 e. The second kappa shape index (κ2) is 6.89. The number of carbonyl (C=O) groups is 1. The van der Waals surface area contributed by atoms with E-state index in [1.165, 1.54) is 0 Å². The Morgan fingerprint density at radius 1 is 1.53 bits per heavy atom. The van der Waals surface area contributed by atoms with Crippen molar-refractivity contribution in [2.45, 2.75) is 19.1 Å². The summed E-state index contributed by atoms with van der Waals surface area (Å²) in [5.74, 6) is 0.0146. The Balaban J connectivity index is 1.76. The number of likely N-dealkylation sites (N-methyl/N-ethyl adjacent to an activating group) is 1. The van der Waals surface area contributed by atoms with E-state index in [1.807, 2.05) is 31.3 Å². The fourth-order valence-electron chi connectivity index (χ4n) is 2.14. The molecule has 1 aliphatic rings. The van der Waals surface area contributed by atoms with Crippen LogP contribution in [0.1, 0.15) is 12.0 Å². The van der Waals surface area contributed by atoms with E-state index in [4.69, 9.17) is 16.3 Å². The molecule has 0 aliphatic carbocycles. The lowest BCUT2D eigenvalue weighted by Gasteiger charge is -2.23. The lowest BCUT2D eigenvalue weighted by Crippen LogP contribution is -2.40. The molecule has 1 atom stereocenters. The molecule has 0 aromatic heterocycles. The van der Waals surface area contributed by atoms with E-state index >= 15 is 0 Å². The molecule has 0 bridgehead atoms. The van der Waals surface area contributed by atoms with Gasteiger partial charge in [0.15, 0.2) is 0 Å². The first-order valence-electron chi connectivity index (χ1n) is 6.46. The van der Waals surface area contributed by atoms with Crippen molar-refractivity contribution in [3.63, 3.8) is 0 Å². The Morgan fingerprint density at radius 3 is 3.00 bits per heavy atom. The maximum absolute atomic E-state index is 11.9. The van der Waals surface area contributed by atoms with Crippen molar-refractivity contribution in [3.05, 3.63) is 34.9 Å². The molecule has 1 N–H and O–H groups in total. The number of carbonyl (C=O) groups excluding carboxylic acids is 1. The summed E-state index contributed by atoms with van der Waals surface area (Å²) in [5, 5.41) is 3.92. The zero-order valence-electron chi connectivity index (χ0n) is 11.1. The predicted octanol–water partition coefficient (Wildman–Crippen LogP) is 1.68. The van der Waals surface area contributed by atoms with Gasteiger partial charge in [-0.1, -0.05) is 29.8 Å². The number of ether oxygens (including phenoxy) is 1. The SMILES string of the molecule is CN(C(=O)COCc1ccccc1Cl)[C@H]1CCNC1. The molecule has 1 aromatic rings. The summed E-state index contributed by atoms with van der Waals surface area (Å²) in [6, 6.07) is 7.78. The van der Waals surface area contributed by atoms with Gasteiger partial charge in [0.2, 0.25) is 5.91 Å². The maximum atomic E-state index is 11.9. The summed E-state index contributed by atoms with van der Waals surface area (Å²) in [4.78, 5) is 13.7. The monoisotopic (exact) mass is 282 g/mol. The average Bonchev–Trinajstić information content (AvgIpc) is 2.94. The van der Waals surface area contributed by atoms with Crippen molar-refractivity contribution in [2.75, 3.05) is 26.7 Å². The van der Waals surface area contributed by atoms with Gasteiger partial charge >= 0.3 is 0 Å². The Labute approximate surface area is 118 Å². The van der Waals surface area contributed by atoms with E-state index < -0.39 is 0 Å². The molecule has 4 nitrogen and oxygen atoms in total. The summed E-state index contributed by atoms with van der Waals surface area (Å²) in [6.07, 6.45) is 1.01. The van der Waals surface area contributed by atoms with E-state index in [1.54, 1.807) is 4.90 Å². The molecule has 0 saturated carbocycles. The number of benzene rings is 1. The molecule has 0 spiro atoms. The topological polar surface area (TPSA) is 41.6 Å². The van der Waals surface area contributed by atoms with Crippen molar-refractivity contribution in [1.82, 2.24) is 10.2 Å². The quantitative estimate of drug-likeness (QED) is 0.893. The van der Waals surface area contributed by atoms with Crippen LogP contribution in [0, 0.1) is 0 Å². The van der Waals surface area contributed by atoms with E-state index in [-0.39, 0.29) is 18.6 Å². The van der Waals surface area contributed by atoms with Crippen LogP contribution in [-0.4, -0.2) is 43.6 Å². The molecule has 0 radical (unpaired) electrons. The number of rotatable bonds is 5. The van der Waals surface area contributed by atoms with Crippen LogP contribution in [0.25, 0.3) is 0 Å². The first kappa shape index (κ1) is 14.3. The summed E-state index contributed by atoms with van der Waals surface area (Å²) in [5.41, 5.74) is 0.905. The molecule has 1 aliphatic heterocycles. The third-order valence-electron chi connectivity index (χ3n) is 3.42. The first-order chi connectivity index (χ1) is 9.18. The molecule has 0 unspecified atom stereocenters. The van der Waals surface area contributed by atoms with Crippen molar-refractivity contribution in [1.29, 1.82) is 0 Å². The third-order valence-corrected chi connectivity index (χ3v) is 3.79. The van der Waals surface area contributed by atoms with Gasteiger partial charge in [-0.05, 0) is 24.6 Å². The summed E-state index contributed by atoms with van der Waals surface area (Å²) < 4.78 is 5.45. The van der Waals surface area contributed by atoms with E-state index in [0.717, 1.165) is 25.1 Å². The van der Waals surface area contributed by atoms with E-state index in [2.05, 4.69) is 5.32 Å². The average molecular weight is 283 g/mol. The normalized spacial score (nSPS) is 18.5. The molecule has 1 aromatic carbocycles. The molecule has 1 fully saturated rings. The molecule has 1 saturated heterocycles. The third kappa shape index (κ3) is 3.93. The van der Waals surface area contributed by atoms with Crippen molar-refractivity contribution in [2.24, 2.45) is 0 Å². The minimum absolute atomic E-state index is 0.0146. The fraction of sp³-hybridized carbons (Fsp3) is 0.500. The molecular formula is C14H19ClN2O2. The second-order valence-electron chi connectivity index (χ2n) is 4.74. The number of nitrogens with zero attached hydrogens (tertiary/aromatic N) is 1. The van der Waals surface area contributed by atoms with Gasteiger partial charge in [0, 0.05) is 24.7 Å². The largest absolute Gasteiger partial charge is 0.367 e. The van der Waals surface area contributed by atoms with Crippen LogP contribution in [0.15, 0.2) is 24.3 Å². The van der Waals surface area contributed by atoms with E-state index in [9.17, 15) is 4.79 Å². The first-order valence-corrected chi connectivity index (χ1v) is 6.84. The van der Waals surface area contributed by atoms with Gasteiger partial charge in [0.25, 0.3) is 0 Å². The van der Waals surface area contributed by atoms with Crippen LogP contribution in [-0.2, 0) is 16.1 Å². The van der Waals surface area contributed by atoms with Crippen molar-refractivity contribution >= 4 is 17.5 Å². The van der Waals surface area contributed by atoms with Crippen LogP contribution in [0.4, 0.5) is 0 Å². The highest BCUT2D eigenvalue weighted by Crippen LogP contribution is 2.15. The predicted molar refractivity (Wildman–Crippen MR) is 75.2 cm³/mol. The van der Waals surface area contributed by atoms with Gasteiger partial charge in [-0.15, -0.1) is 0 Å². The fourth-order valence-corrected chi connectivity index (χ4v) is 2.33. The van der Waals surface area contributed by atoms with Crippen LogP contribution >= 0.6 is 11.6 Å². The Hall–Kier alpha value is -1.10. The minimum Gasteiger partial charge on any atom is -0.367 e. The van der Waals surface area contributed by atoms with Crippen molar-refractivity contribution in [3.8, 4) is 0 Å². The Bertz CT molecular complexity index is 433. The second-order valence-corrected chi connectivity index (χ2v) is 5.14. The van der Waals surface area contributed by atoms with Gasteiger partial charge in [-0.25, -0.2) is 0 Å². The molecule has 104 valence electrons. The van der Waals surface area contributed by atoms with Gasteiger partial charge in [-0.2, -0.15) is 0 Å². The number of halogens is 1. The van der Waals surface area contributed by atoms with Crippen molar-refractivity contribution < 1.29 is 9.53 Å². The lowest BCUT2D eigenvalue weighted by atomic mass is 10.2. The number of nitrogens with one attached hydrogen (secondary N) is 1. The molecule has 5 heteroatoms. The van der Waals surface area contributed by atoms with Crippen LogP contribution in [0.3, 0.4) is 0 Å². The highest BCUT2D eigenvalue weighted by atomic mass is 35.5. The zero-order chi connectivity index (χ0) is 13.7. The van der Waals surface area contributed by atoms with Gasteiger partial charge < -0.3 is 15.0 Å². The highest BCUT2D eigenvalue weighted by Gasteiger charge is 2.22.